The fourth-order valence-corrected chi connectivity index (χ4v) is 2.97. The van der Waals surface area contributed by atoms with Crippen LogP contribution in [-0.4, -0.2) is 46.2 Å². The SMILES string of the molecule is Cc1c[n+]2c(n1CCC(C)C)N=C1C2C(=O)N(C)C(=O)N1C. The molecule has 0 spiro atoms. The molecule has 7 heteroatoms. The zero-order chi connectivity index (χ0) is 16.2. The van der Waals surface area contributed by atoms with Gasteiger partial charge in [-0.2, -0.15) is 0 Å². The van der Waals surface area contributed by atoms with E-state index in [1.54, 1.807) is 7.05 Å². The van der Waals surface area contributed by atoms with E-state index >= 15 is 0 Å². The second kappa shape index (κ2) is 4.93. The van der Waals surface area contributed by atoms with Crippen molar-refractivity contribution >= 4 is 23.7 Å². The fraction of sp³-hybridized carbons (Fsp3) is 0.600. The fourth-order valence-electron chi connectivity index (χ4n) is 2.97. The van der Waals surface area contributed by atoms with E-state index in [2.05, 4.69) is 23.4 Å². The predicted octanol–water partition coefficient (Wildman–Crippen LogP) is 1.24. The van der Waals surface area contributed by atoms with E-state index in [0.717, 1.165) is 29.5 Å². The van der Waals surface area contributed by atoms with Gasteiger partial charge in [0.2, 0.25) is 11.9 Å². The number of amidine groups is 1. The Morgan fingerprint density at radius 2 is 1.95 bits per heavy atom. The number of imidazole rings is 1. The molecule has 1 atom stereocenters. The maximum Gasteiger partial charge on any atom is 0.401 e. The van der Waals surface area contributed by atoms with Gasteiger partial charge in [0.05, 0.1) is 6.54 Å². The van der Waals surface area contributed by atoms with Crippen molar-refractivity contribution in [3.63, 3.8) is 0 Å². The summed E-state index contributed by atoms with van der Waals surface area (Å²) < 4.78 is 4.00. The van der Waals surface area contributed by atoms with Gasteiger partial charge >= 0.3 is 12.0 Å². The molecule has 2 aliphatic heterocycles. The van der Waals surface area contributed by atoms with Gasteiger partial charge in [-0.25, -0.2) is 13.9 Å². The summed E-state index contributed by atoms with van der Waals surface area (Å²) in [6, 6.07) is -0.863. The minimum Gasteiger partial charge on any atom is -0.270 e. The number of amides is 3. The summed E-state index contributed by atoms with van der Waals surface area (Å²) in [5.74, 6) is 1.63. The van der Waals surface area contributed by atoms with Crippen molar-refractivity contribution in [1.82, 2.24) is 14.4 Å². The highest BCUT2D eigenvalue weighted by atomic mass is 16.2. The number of nitrogens with zero attached hydrogens (tertiary/aromatic N) is 5. The maximum absolute atomic E-state index is 12.5. The molecule has 1 aromatic heterocycles. The third-order valence-electron chi connectivity index (χ3n) is 4.37. The minimum atomic E-state index is -0.526. The molecule has 1 fully saturated rings. The van der Waals surface area contributed by atoms with Crippen LogP contribution in [-0.2, 0) is 11.3 Å². The smallest absolute Gasteiger partial charge is 0.270 e. The Balaban J connectivity index is 2.04. The summed E-state index contributed by atoms with van der Waals surface area (Å²) in [4.78, 5) is 31.7. The summed E-state index contributed by atoms with van der Waals surface area (Å²) in [5.41, 5.74) is 1.08. The van der Waals surface area contributed by atoms with Gasteiger partial charge in [-0.3, -0.25) is 14.6 Å². The number of likely N-dealkylation sites (N-methyl/N-ethyl adjacent to an activating group) is 2. The van der Waals surface area contributed by atoms with Crippen molar-refractivity contribution in [1.29, 1.82) is 0 Å². The summed E-state index contributed by atoms with van der Waals surface area (Å²) in [6.07, 6.45) is 2.99. The largest absolute Gasteiger partial charge is 0.401 e. The number of urea groups is 1. The Morgan fingerprint density at radius 3 is 2.59 bits per heavy atom. The summed E-state index contributed by atoms with van der Waals surface area (Å²) in [6.45, 7) is 7.25. The van der Waals surface area contributed by atoms with Crippen LogP contribution in [0.3, 0.4) is 0 Å². The van der Waals surface area contributed by atoms with Crippen LogP contribution in [0.1, 0.15) is 32.0 Å². The topological polar surface area (TPSA) is 61.8 Å². The van der Waals surface area contributed by atoms with Crippen LogP contribution in [0.5, 0.6) is 0 Å². The molecule has 118 valence electrons. The molecule has 1 saturated heterocycles. The van der Waals surface area contributed by atoms with E-state index in [1.807, 2.05) is 17.7 Å². The molecule has 0 N–H and O–H groups in total. The molecular formula is C15H22N5O2+. The summed E-state index contributed by atoms with van der Waals surface area (Å²) in [5, 5.41) is 0. The molecule has 22 heavy (non-hydrogen) atoms. The van der Waals surface area contributed by atoms with Crippen LogP contribution in [0.4, 0.5) is 10.7 Å². The highest BCUT2D eigenvalue weighted by molar-refractivity contribution is 6.18. The van der Waals surface area contributed by atoms with E-state index in [0.29, 0.717) is 11.8 Å². The van der Waals surface area contributed by atoms with Gasteiger partial charge in [0.25, 0.3) is 5.91 Å². The molecule has 1 aromatic rings. The molecule has 1 unspecified atom stereocenters. The lowest BCUT2D eigenvalue weighted by molar-refractivity contribution is -0.677. The number of fused-ring (bicyclic) bond motifs is 3. The van der Waals surface area contributed by atoms with Crippen LogP contribution in [0.25, 0.3) is 0 Å². The van der Waals surface area contributed by atoms with Crippen LogP contribution >= 0.6 is 0 Å². The molecule has 3 rings (SSSR count). The van der Waals surface area contributed by atoms with Crippen LogP contribution in [0.2, 0.25) is 0 Å². The van der Waals surface area contributed by atoms with Gasteiger partial charge in [0.15, 0.2) is 0 Å². The number of aliphatic imine (C=N–C) groups is 1. The first kappa shape index (κ1) is 14.7. The number of hydrogen-bond acceptors (Lipinski definition) is 3. The Kier molecular flexibility index (Phi) is 3.30. The predicted molar refractivity (Wildman–Crippen MR) is 80.9 cm³/mol. The van der Waals surface area contributed by atoms with Crippen molar-refractivity contribution in [3.8, 4) is 0 Å². The number of carbonyl (C=O) groups is 2. The van der Waals surface area contributed by atoms with E-state index in [1.165, 1.54) is 11.9 Å². The standard InChI is InChI=1S/C15H22N5O2/c1-9(2)6-7-19-10(3)8-20-11-12(16-14(19)20)17(4)15(22)18(5)13(11)21/h8-9,11H,6-7H2,1-5H3/q+1. The Hall–Kier alpha value is -2.18. The van der Waals surface area contributed by atoms with Gasteiger partial charge in [-0.15, -0.1) is 0 Å². The Bertz CT molecular complexity index is 688. The third kappa shape index (κ3) is 1.95. The number of carbonyl (C=O) groups excluding carboxylic acids is 2. The van der Waals surface area contributed by atoms with Crippen molar-refractivity contribution in [3.05, 3.63) is 11.9 Å². The lowest BCUT2D eigenvalue weighted by atomic mass is 10.1. The zero-order valence-electron chi connectivity index (χ0n) is 13.7. The second-order valence-corrected chi connectivity index (χ2v) is 6.42. The molecule has 0 aromatic carbocycles. The van der Waals surface area contributed by atoms with Gasteiger partial charge in [-0.1, -0.05) is 18.8 Å². The average Bonchev–Trinajstić information content (AvgIpc) is 2.95. The van der Waals surface area contributed by atoms with Gasteiger partial charge in [-0.05, 0) is 19.3 Å². The first-order valence-electron chi connectivity index (χ1n) is 7.58. The van der Waals surface area contributed by atoms with Crippen LogP contribution < -0.4 is 4.57 Å². The molecule has 3 amide bonds. The van der Waals surface area contributed by atoms with E-state index in [4.69, 9.17) is 0 Å². The Morgan fingerprint density at radius 1 is 1.27 bits per heavy atom. The minimum absolute atomic E-state index is 0.230. The highest BCUT2D eigenvalue weighted by Crippen LogP contribution is 2.28. The number of aromatic nitrogens is 2. The lowest BCUT2D eigenvalue weighted by Crippen LogP contribution is -2.61. The normalized spacial score (nSPS) is 20.6. The number of imide groups is 1. The number of aryl methyl sites for hydroxylation is 1. The monoisotopic (exact) mass is 304 g/mol. The molecule has 0 saturated carbocycles. The first-order valence-corrected chi connectivity index (χ1v) is 7.58. The average molecular weight is 304 g/mol. The molecular weight excluding hydrogens is 282 g/mol. The number of hydrogen-bond donors (Lipinski definition) is 0. The molecule has 3 heterocycles. The van der Waals surface area contributed by atoms with Gasteiger partial charge in [0.1, 0.15) is 11.9 Å². The van der Waals surface area contributed by atoms with Crippen LogP contribution in [0.15, 0.2) is 11.2 Å². The van der Waals surface area contributed by atoms with Crippen molar-refractivity contribution in [2.24, 2.45) is 10.9 Å². The summed E-state index contributed by atoms with van der Waals surface area (Å²) >= 11 is 0. The van der Waals surface area contributed by atoms with Gasteiger partial charge in [0, 0.05) is 14.1 Å². The second-order valence-electron chi connectivity index (χ2n) is 6.42. The van der Waals surface area contributed by atoms with E-state index in [9.17, 15) is 9.59 Å². The third-order valence-corrected chi connectivity index (χ3v) is 4.37. The van der Waals surface area contributed by atoms with Crippen molar-refractivity contribution in [2.75, 3.05) is 14.1 Å². The molecule has 2 aliphatic rings. The zero-order valence-corrected chi connectivity index (χ0v) is 13.7. The van der Waals surface area contributed by atoms with Crippen molar-refractivity contribution < 1.29 is 14.2 Å². The number of rotatable bonds is 3. The van der Waals surface area contributed by atoms with Crippen LogP contribution in [0, 0.1) is 12.8 Å². The van der Waals surface area contributed by atoms with E-state index in [-0.39, 0.29) is 11.9 Å². The molecule has 0 radical (unpaired) electrons. The first-order chi connectivity index (χ1) is 10.3. The molecule has 0 bridgehead atoms. The quantitative estimate of drug-likeness (QED) is 0.789. The molecule has 0 aliphatic carbocycles. The highest BCUT2D eigenvalue weighted by Gasteiger charge is 2.52. The van der Waals surface area contributed by atoms with E-state index < -0.39 is 6.04 Å². The molecule has 7 nitrogen and oxygen atoms in total. The Labute approximate surface area is 129 Å². The lowest BCUT2D eigenvalue weighted by Gasteiger charge is -2.30. The van der Waals surface area contributed by atoms with Crippen molar-refractivity contribution in [2.45, 2.75) is 39.8 Å². The summed E-state index contributed by atoms with van der Waals surface area (Å²) in [7, 11) is 3.17. The maximum atomic E-state index is 12.5. The van der Waals surface area contributed by atoms with Gasteiger partial charge < -0.3 is 0 Å².